The number of ether oxygens (including phenoxy) is 1. The average molecular weight is 338 g/mol. The molecule has 128 valence electrons. The highest BCUT2D eigenvalue weighted by Crippen LogP contribution is 2.30. The number of hydrogen-bond donors (Lipinski definition) is 1. The number of aromatic amines is 1. The predicted molar refractivity (Wildman–Crippen MR) is 94.1 cm³/mol. The van der Waals surface area contributed by atoms with E-state index in [2.05, 4.69) is 4.98 Å². The van der Waals surface area contributed by atoms with E-state index in [0.29, 0.717) is 18.7 Å². The fourth-order valence-electron chi connectivity index (χ4n) is 3.47. The second kappa shape index (κ2) is 6.24. The minimum absolute atomic E-state index is 0.0218. The minimum Gasteiger partial charge on any atom is -0.497 e. The van der Waals surface area contributed by atoms with E-state index in [1.807, 2.05) is 23.1 Å². The molecule has 1 aromatic heterocycles. The van der Waals surface area contributed by atoms with Crippen LogP contribution in [-0.2, 0) is 24.2 Å². The lowest BCUT2D eigenvalue weighted by Gasteiger charge is -2.27. The quantitative estimate of drug-likeness (QED) is 0.795. The molecule has 2 heterocycles. The number of halogens is 1. The highest BCUT2D eigenvalue weighted by Gasteiger charge is 2.24. The highest BCUT2D eigenvalue weighted by molar-refractivity contribution is 5.87. The Balaban J connectivity index is 1.58. The van der Waals surface area contributed by atoms with Gasteiger partial charge in [-0.1, -0.05) is 12.1 Å². The summed E-state index contributed by atoms with van der Waals surface area (Å²) in [5, 5.41) is 1.10. The topological polar surface area (TPSA) is 45.3 Å². The summed E-state index contributed by atoms with van der Waals surface area (Å²) in [4.78, 5) is 17.9. The zero-order valence-corrected chi connectivity index (χ0v) is 14.0. The normalized spacial score (nSPS) is 13.8. The largest absolute Gasteiger partial charge is 0.497 e. The number of H-pyrrole nitrogens is 1. The van der Waals surface area contributed by atoms with Gasteiger partial charge in [0.05, 0.1) is 13.5 Å². The van der Waals surface area contributed by atoms with Crippen molar-refractivity contribution in [2.45, 2.75) is 19.4 Å². The van der Waals surface area contributed by atoms with E-state index in [9.17, 15) is 9.18 Å². The maximum Gasteiger partial charge on any atom is 0.227 e. The lowest BCUT2D eigenvalue weighted by atomic mass is 10.0. The van der Waals surface area contributed by atoms with Gasteiger partial charge in [0.15, 0.2) is 0 Å². The van der Waals surface area contributed by atoms with Crippen molar-refractivity contribution in [1.29, 1.82) is 0 Å². The summed E-state index contributed by atoms with van der Waals surface area (Å²) >= 11 is 0. The van der Waals surface area contributed by atoms with Crippen LogP contribution >= 0.6 is 0 Å². The van der Waals surface area contributed by atoms with E-state index in [1.54, 1.807) is 19.2 Å². The van der Waals surface area contributed by atoms with Crippen LogP contribution in [-0.4, -0.2) is 29.4 Å². The van der Waals surface area contributed by atoms with Crippen LogP contribution in [0.3, 0.4) is 0 Å². The number of nitrogens with zero attached hydrogens (tertiary/aromatic N) is 1. The Hall–Kier alpha value is -2.82. The molecule has 1 amide bonds. The first-order valence-corrected chi connectivity index (χ1v) is 8.34. The van der Waals surface area contributed by atoms with Crippen LogP contribution < -0.4 is 4.74 Å². The number of methoxy groups -OCH3 is 1. The van der Waals surface area contributed by atoms with Crippen molar-refractivity contribution >= 4 is 16.8 Å². The first-order valence-electron chi connectivity index (χ1n) is 8.34. The third-order valence-electron chi connectivity index (χ3n) is 4.78. The number of hydrogen-bond acceptors (Lipinski definition) is 2. The van der Waals surface area contributed by atoms with E-state index in [0.717, 1.165) is 28.6 Å². The second-order valence-electron chi connectivity index (χ2n) is 6.37. The van der Waals surface area contributed by atoms with Crippen LogP contribution in [0.5, 0.6) is 5.75 Å². The fourth-order valence-corrected chi connectivity index (χ4v) is 3.47. The molecule has 3 aromatic rings. The van der Waals surface area contributed by atoms with Gasteiger partial charge in [0.2, 0.25) is 5.91 Å². The first kappa shape index (κ1) is 15.7. The van der Waals surface area contributed by atoms with E-state index < -0.39 is 0 Å². The van der Waals surface area contributed by atoms with Crippen molar-refractivity contribution in [2.24, 2.45) is 0 Å². The Labute approximate surface area is 145 Å². The fraction of sp³-hybridized carbons (Fsp3) is 0.250. The second-order valence-corrected chi connectivity index (χ2v) is 6.37. The van der Waals surface area contributed by atoms with E-state index in [4.69, 9.17) is 4.74 Å². The van der Waals surface area contributed by atoms with E-state index >= 15 is 0 Å². The minimum atomic E-state index is -0.310. The molecular formula is C20H19FN2O2. The summed E-state index contributed by atoms with van der Waals surface area (Å²) in [5.74, 6) is 0.515. The number of nitrogens with one attached hydrogen (secondary N) is 1. The van der Waals surface area contributed by atoms with Gasteiger partial charge in [0, 0.05) is 41.7 Å². The molecule has 5 heteroatoms. The molecule has 2 aromatic carbocycles. The summed E-state index contributed by atoms with van der Waals surface area (Å²) in [7, 11) is 1.65. The summed E-state index contributed by atoms with van der Waals surface area (Å²) < 4.78 is 18.6. The summed E-state index contributed by atoms with van der Waals surface area (Å²) in [5.41, 5.74) is 4.09. The van der Waals surface area contributed by atoms with Crippen molar-refractivity contribution in [3.05, 3.63) is 65.1 Å². The van der Waals surface area contributed by atoms with Gasteiger partial charge in [-0.25, -0.2) is 4.39 Å². The first-order chi connectivity index (χ1) is 12.1. The standard InChI is InChI=1S/C20H19FN2O2/c1-25-15-5-6-18-16(11-15)17-12-23(8-7-19(17)22-18)20(24)10-13-3-2-4-14(21)9-13/h2-6,9,11,22H,7-8,10,12H2,1H3. The molecule has 0 bridgehead atoms. The number of amides is 1. The SMILES string of the molecule is COc1ccc2[nH]c3c(c2c1)CN(C(=O)Cc1cccc(F)c1)CC3. The predicted octanol–water partition coefficient (Wildman–Crippen LogP) is 3.44. The van der Waals surface area contributed by atoms with E-state index in [-0.39, 0.29) is 18.1 Å². The molecule has 0 saturated heterocycles. The molecule has 0 aliphatic carbocycles. The number of carbonyl (C=O) groups excluding carboxylic acids is 1. The van der Waals surface area contributed by atoms with Gasteiger partial charge in [0.1, 0.15) is 11.6 Å². The molecule has 0 fully saturated rings. The molecule has 0 spiro atoms. The van der Waals surface area contributed by atoms with Crippen molar-refractivity contribution in [3.63, 3.8) is 0 Å². The molecule has 1 aliphatic rings. The Kier molecular flexibility index (Phi) is 3.92. The number of benzene rings is 2. The molecule has 4 nitrogen and oxygen atoms in total. The summed E-state index contributed by atoms with van der Waals surface area (Å²) in [6, 6.07) is 12.2. The third-order valence-corrected chi connectivity index (χ3v) is 4.78. The Morgan fingerprint density at radius 1 is 1.28 bits per heavy atom. The number of rotatable bonds is 3. The number of carbonyl (C=O) groups is 1. The van der Waals surface area contributed by atoms with E-state index in [1.165, 1.54) is 17.8 Å². The summed E-state index contributed by atoms with van der Waals surface area (Å²) in [6.45, 7) is 1.24. The highest BCUT2D eigenvalue weighted by atomic mass is 19.1. The molecule has 0 saturated carbocycles. The van der Waals surface area contributed by atoms with Crippen LogP contribution in [0.1, 0.15) is 16.8 Å². The van der Waals surface area contributed by atoms with Crippen molar-refractivity contribution < 1.29 is 13.9 Å². The molecule has 1 aliphatic heterocycles. The molecule has 25 heavy (non-hydrogen) atoms. The lowest BCUT2D eigenvalue weighted by Crippen LogP contribution is -2.36. The number of fused-ring (bicyclic) bond motifs is 3. The Morgan fingerprint density at radius 3 is 2.96 bits per heavy atom. The molecule has 0 radical (unpaired) electrons. The van der Waals surface area contributed by atoms with Gasteiger partial charge in [-0.05, 0) is 35.9 Å². The molecular weight excluding hydrogens is 319 g/mol. The van der Waals surface area contributed by atoms with Crippen molar-refractivity contribution in [3.8, 4) is 5.75 Å². The van der Waals surface area contributed by atoms with Crippen LogP contribution in [0.25, 0.3) is 10.9 Å². The van der Waals surface area contributed by atoms with Gasteiger partial charge in [0.25, 0.3) is 0 Å². The summed E-state index contributed by atoms with van der Waals surface area (Å²) in [6.07, 6.45) is 1.01. The Morgan fingerprint density at radius 2 is 2.16 bits per heavy atom. The van der Waals surface area contributed by atoms with Gasteiger partial charge in [-0.3, -0.25) is 4.79 Å². The maximum atomic E-state index is 13.3. The zero-order valence-electron chi connectivity index (χ0n) is 14.0. The van der Waals surface area contributed by atoms with Crippen molar-refractivity contribution in [2.75, 3.05) is 13.7 Å². The average Bonchev–Trinajstić information content (AvgIpc) is 2.98. The van der Waals surface area contributed by atoms with Gasteiger partial charge in [-0.15, -0.1) is 0 Å². The lowest BCUT2D eigenvalue weighted by molar-refractivity contribution is -0.131. The maximum absolute atomic E-state index is 13.3. The van der Waals surface area contributed by atoms with Crippen LogP contribution in [0.4, 0.5) is 4.39 Å². The van der Waals surface area contributed by atoms with Gasteiger partial charge >= 0.3 is 0 Å². The monoisotopic (exact) mass is 338 g/mol. The molecule has 0 unspecified atom stereocenters. The van der Waals surface area contributed by atoms with Crippen molar-refractivity contribution in [1.82, 2.24) is 9.88 Å². The third kappa shape index (κ3) is 2.97. The Bertz CT molecular complexity index is 948. The van der Waals surface area contributed by atoms with Crippen LogP contribution in [0.15, 0.2) is 42.5 Å². The molecule has 0 atom stereocenters. The van der Waals surface area contributed by atoms with Crippen LogP contribution in [0, 0.1) is 5.82 Å². The molecule has 1 N–H and O–H groups in total. The van der Waals surface area contributed by atoms with Gasteiger partial charge < -0.3 is 14.6 Å². The van der Waals surface area contributed by atoms with Crippen LogP contribution in [0.2, 0.25) is 0 Å². The smallest absolute Gasteiger partial charge is 0.227 e. The van der Waals surface area contributed by atoms with Gasteiger partial charge in [-0.2, -0.15) is 0 Å². The zero-order chi connectivity index (χ0) is 17.4. The molecule has 4 rings (SSSR count). The number of aromatic nitrogens is 1.